The van der Waals surface area contributed by atoms with E-state index >= 15 is 0 Å². The van der Waals surface area contributed by atoms with E-state index in [9.17, 15) is 9.18 Å². The zero-order valence-electron chi connectivity index (χ0n) is 15.1. The van der Waals surface area contributed by atoms with Gasteiger partial charge in [0.05, 0.1) is 12.2 Å². The Morgan fingerprint density at radius 1 is 1.27 bits per heavy atom. The summed E-state index contributed by atoms with van der Waals surface area (Å²) in [5.41, 5.74) is 1.95. The van der Waals surface area contributed by atoms with E-state index in [1.54, 1.807) is 17.0 Å². The number of carbonyl (C=O) groups is 1. The molecule has 26 heavy (non-hydrogen) atoms. The Morgan fingerprint density at radius 2 is 1.96 bits per heavy atom. The van der Waals surface area contributed by atoms with Crippen molar-refractivity contribution in [3.8, 4) is 0 Å². The first-order valence-electron chi connectivity index (χ1n) is 8.48. The van der Waals surface area contributed by atoms with Crippen LogP contribution in [0.3, 0.4) is 0 Å². The molecule has 1 aromatic heterocycles. The van der Waals surface area contributed by atoms with E-state index in [2.05, 4.69) is 9.97 Å². The zero-order valence-corrected chi connectivity index (χ0v) is 15.8. The molecule has 0 saturated carbocycles. The predicted octanol–water partition coefficient (Wildman–Crippen LogP) is 4.15. The molecule has 0 aliphatic carbocycles. The molecule has 1 amide bonds. The number of aromatic nitrogens is 2. The molecular weight excluding hydrogens is 357 g/mol. The highest BCUT2D eigenvalue weighted by Gasteiger charge is 2.28. The number of amides is 1. The third-order valence-corrected chi connectivity index (χ3v) is 4.30. The lowest BCUT2D eigenvalue weighted by molar-refractivity contribution is 0.0220. The molecule has 0 saturated heterocycles. The topological polar surface area (TPSA) is 55.3 Å². The van der Waals surface area contributed by atoms with Crippen molar-refractivity contribution in [2.75, 3.05) is 6.54 Å². The fraction of sp³-hybridized carbons (Fsp3) is 0.421. The van der Waals surface area contributed by atoms with Gasteiger partial charge in [-0.3, -0.25) is 0 Å². The van der Waals surface area contributed by atoms with Crippen LogP contribution in [0.5, 0.6) is 0 Å². The van der Waals surface area contributed by atoms with Crippen molar-refractivity contribution in [2.45, 2.75) is 45.8 Å². The monoisotopic (exact) mass is 377 g/mol. The first-order valence-corrected chi connectivity index (χ1v) is 8.85. The van der Waals surface area contributed by atoms with Gasteiger partial charge in [0.2, 0.25) is 0 Å². The van der Waals surface area contributed by atoms with Crippen molar-refractivity contribution >= 4 is 17.7 Å². The van der Waals surface area contributed by atoms with Crippen LogP contribution in [0.4, 0.5) is 9.18 Å². The van der Waals surface area contributed by atoms with E-state index in [4.69, 9.17) is 16.3 Å². The Labute approximate surface area is 157 Å². The number of rotatable bonds is 2. The number of carbonyl (C=O) groups excluding carboxylic acids is 1. The van der Waals surface area contributed by atoms with E-state index in [0.29, 0.717) is 36.9 Å². The minimum Gasteiger partial charge on any atom is -0.444 e. The quantitative estimate of drug-likeness (QED) is 0.737. The van der Waals surface area contributed by atoms with Crippen LogP contribution in [-0.4, -0.2) is 33.1 Å². The molecule has 1 aliphatic rings. The van der Waals surface area contributed by atoms with Crippen molar-refractivity contribution in [2.24, 2.45) is 0 Å². The molecular formula is C19H21ClFN3O2. The number of nitrogens with zero attached hydrogens (tertiary/aromatic N) is 3. The first kappa shape index (κ1) is 18.6. The zero-order chi connectivity index (χ0) is 18.9. The molecule has 3 rings (SSSR count). The minimum absolute atomic E-state index is 0.286. The maximum Gasteiger partial charge on any atom is 0.410 e. The molecule has 138 valence electrons. The van der Waals surface area contributed by atoms with Gasteiger partial charge in [0.25, 0.3) is 0 Å². The summed E-state index contributed by atoms with van der Waals surface area (Å²) in [7, 11) is 0. The van der Waals surface area contributed by atoms with Gasteiger partial charge in [0.15, 0.2) is 0 Å². The molecule has 0 bridgehead atoms. The molecule has 0 atom stereocenters. The Hall–Kier alpha value is -2.21. The maximum atomic E-state index is 13.0. The van der Waals surface area contributed by atoms with Crippen LogP contribution in [0.2, 0.25) is 5.15 Å². The van der Waals surface area contributed by atoms with Crippen LogP contribution in [-0.2, 0) is 24.1 Å². The Balaban J connectivity index is 1.79. The van der Waals surface area contributed by atoms with Gasteiger partial charge in [-0.1, -0.05) is 23.7 Å². The third-order valence-electron chi connectivity index (χ3n) is 3.99. The van der Waals surface area contributed by atoms with Gasteiger partial charge < -0.3 is 9.64 Å². The van der Waals surface area contributed by atoms with Crippen LogP contribution < -0.4 is 0 Å². The molecule has 2 aromatic rings. The third kappa shape index (κ3) is 4.49. The second kappa shape index (κ2) is 7.19. The van der Waals surface area contributed by atoms with E-state index in [1.165, 1.54) is 12.1 Å². The Bertz CT molecular complexity index is 819. The largest absolute Gasteiger partial charge is 0.444 e. The summed E-state index contributed by atoms with van der Waals surface area (Å²) in [5.74, 6) is 0.262. The van der Waals surface area contributed by atoms with Gasteiger partial charge in [-0.2, -0.15) is 0 Å². The van der Waals surface area contributed by atoms with Crippen molar-refractivity contribution in [1.29, 1.82) is 0 Å². The van der Waals surface area contributed by atoms with Crippen LogP contribution in [0.15, 0.2) is 24.3 Å². The fourth-order valence-electron chi connectivity index (χ4n) is 2.78. The fourth-order valence-corrected chi connectivity index (χ4v) is 3.08. The van der Waals surface area contributed by atoms with Crippen molar-refractivity contribution < 1.29 is 13.9 Å². The Kier molecular flexibility index (Phi) is 5.14. The molecule has 0 radical (unpaired) electrons. The molecule has 5 nitrogen and oxygen atoms in total. The minimum atomic E-state index is -0.547. The molecule has 2 heterocycles. The summed E-state index contributed by atoms with van der Waals surface area (Å²) in [6, 6.07) is 6.19. The molecule has 0 fully saturated rings. The van der Waals surface area contributed by atoms with Crippen molar-refractivity contribution in [1.82, 2.24) is 14.9 Å². The van der Waals surface area contributed by atoms with Crippen LogP contribution in [0.25, 0.3) is 0 Å². The molecule has 0 N–H and O–H groups in total. The van der Waals surface area contributed by atoms with Crippen LogP contribution >= 0.6 is 11.6 Å². The number of ether oxygens (including phenoxy) is 1. The van der Waals surface area contributed by atoms with Crippen molar-refractivity contribution in [3.63, 3.8) is 0 Å². The summed E-state index contributed by atoms with van der Waals surface area (Å²) in [4.78, 5) is 22.9. The molecule has 1 aliphatic heterocycles. The molecule has 0 unspecified atom stereocenters. The Morgan fingerprint density at radius 3 is 2.62 bits per heavy atom. The lowest BCUT2D eigenvalue weighted by Crippen LogP contribution is -2.40. The predicted molar refractivity (Wildman–Crippen MR) is 96.6 cm³/mol. The van der Waals surface area contributed by atoms with Gasteiger partial charge in [0, 0.05) is 18.5 Å². The summed E-state index contributed by atoms with van der Waals surface area (Å²) in [6.45, 7) is 6.36. The number of benzene rings is 1. The highest BCUT2D eigenvalue weighted by Crippen LogP contribution is 2.25. The number of hydrogen-bond acceptors (Lipinski definition) is 4. The van der Waals surface area contributed by atoms with Gasteiger partial charge in [-0.25, -0.2) is 19.2 Å². The van der Waals surface area contributed by atoms with E-state index in [-0.39, 0.29) is 11.9 Å². The smallest absolute Gasteiger partial charge is 0.410 e. The van der Waals surface area contributed by atoms with Crippen molar-refractivity contribution in [3.05, 3.63) is 57.9 Å². The average Bonchev–Trinajstić information content (AvgIpc) is 2.55. The van der Waals surface area contributed by atoms with Gasteiger partial charge in [-0.15, -0.1) is 0 Å². The second-order valence-electron chi connectivity index (χ2n) is 7.31. The lowest BCUT2D eigenvalue weighted by Gasteiger charge is -2.31. The molecule has 0 spiro atoms. The van der Waals surface area contributed by atoms with E-state index < -0.39 is 5.60 Å². The SMILES string of the molecule is CC(C)(C)OC(=O)N1CCc2c(Cl)nc(Cc3ccc(F)cc3)nc2C1. The number of fused-ring (bicyclic) bond motifs is 1. The van der Waals surface area contributed by atoms with Gasteiger partial charge >= 0.3 is 6.09 Å². The first-order chi connectivity index (χ1) is 12.2. The highest BCUT2D eigenvalue weighted by molar-refractivity contribution is 6.30. The van der Waals surface area contributed by atoms with Crippen LogP contribution in [0.1, 0.15) is 43.4 Å². The van der Waals surface area contributed by atoms with Crippen LogP contribution in [0, 0.1) is 5.82 Å². The summed E-state index contributed by atoms with van der Waals surface area (Å²) in [5, 5.41) is 0.413. The van der Waals surface area contributed by atoms with Gasteiger partial charge in [0.1, 0.15) is 22.4 Å². The summed E-state index contributed by atoms with van der Waals surface area (Å²) >= 11 is 6.33. The average molecular weight is 378 g/mol. The molecule has 1 aromatic carbocycles. The van der Waals surface area contributed by atoms with Gasteiger partial charge in [-0.05, 0) is 44.9 Å². The summed E-state index contributed by atoms with van der Waals surface area (Å²) in [6.07, 6.45) is 0.669. The second-order valence-corrected chi connectivity index (χ2v) is 7.67. The highest BCUT2D eigenvalue weighted by atomic mass is 35.5. The van der Waals surface area contributed by atoms with E-state index in [0.717, 1.165) is 16.8 Å². The molecule has 7 heteroatoms. The number of halogens is 2. The number of hydrogen-bond donors (Lipinski definition) is 0. The normalized spacial score (nSPS) is 14.1. The standard InChI is InChI=1S/C19H21ClFN3O2/c1-19(2,3)26-18(25)24-9-8-14-15(11-24)22-16(23-17(14)20)10-12-4-6-13(21)7-5-12/h4-7H,8-11H2,1-3H3. The van der Waals surface area contributed by atoms with E-state index in [1.807, 2.05) is 20.8 Å². The lowest BCUT2D eigenvalue weighted by atomic mass is 10.1. The maximum absolute atomic E-state index is 13.0. The summed E-state index contributed by atoms with van der Waals surface area (Å²) < 4.78 is 18.5.